The number of aromatic nitrogens is 9. The molecule has 0 spiro atoms. The Bertz CT molecular complexity index is 1880. The normalized spacial score (nSPS) is 14.4. The molecule has 0 unspecified atom stereocenters. The number of nitrogens with zero attached hydrogens (tertiary/aromatic N) is 18. The molecule has 1 aliphatic carbocycles. The van der Waals surface area contributed by atoms with Crippen molar-refractivity contribution in [3.8, 4) is 36.4 Å². The van der Waals surface area contributed by atoms with Crippen LogP contribution >= 0.6 is 0 Å². The molecule has 3 heterocycles. The van der Waals surface area contributed by atoms with Crippen molar-refractivity contribution in [1.29, 1.82) is 31.6 Å². The Labute approximate surface area is 233 Å². The lowest BCUT2D eigenvalue weighted by atomic mass is 10.2. The molecule has 0 amide bonds. The Morgan fingerprint density at radius 3 is 1.19 bits per heavy atom. The average molecular weight is 540 g/mol. The summed E-state index contributed by atoms with van der Waals surface area (Å²) in [5.74, 6) is -4.46. The first-order valence-corrected chi connectivity index (χ1v) is 10.5. The Morgan fingerprint density at radius 1 is 0.476 bits per heavy atom. The molecule has 3 aromatic heterocycles. The summed E-state index contributed by atoms with van der Waals surface area (Å²) in [6.45, 7) is 22.2. The minimum absolute atomic E-state index is 0.160. The van der Waals surface area contributed by atoms with Crippen LogP contribution in [0.1, 0.15) is 40.8 Å². The molecule has 18 heteroatoms. The molecule has 1 aliphatic rings. The molecule has 0 atom stereocenters. The van der Waals surface area contributed by atoms with E-state index in [1.165, 1.54) is 0 Å². The van der Waals surface area contributed by atoms with Gasteiger partial charge in [-0.05, 0) is 0 Å². The quantitative estimate of drug-likeness (QED) is 0.335. The minimum atomic E-state index is -0.528. The molecule has 4 rings (SSSR count). The van der Waals surface area contributed by atoms with E-state index in [2.05, 4.69) is 59.4 Å². The zero-order valence-electron chi connectivity index (χ0n) is 20.0. The fraction of sp³-hybridized carbons (Fsp3) is 0. The highest BCUT2D eigenvalue weighted by Crippen LogP contribution is 2.55. The Balaban J connectivity index is 2.21. The van der Waals surface area contributed by atoms with Crippen molar-refractivity contribution in [3.63, 3.8) is 0 Å². The lowest BCUT2D eigenvalue weighted by Gasteiger charge is -1.98. The van der Waals surface area contributed by atoms with Crippen LogP contribution in [0.3, 0.4) is 0 Å². The van der Waals surface area contributed by atoms with Crippen LogP contribution in [0, 0.1) is 87.7 Å². The van der Waals surface area contributed by atoms with E-state index in [0.717, 1.165) is 0 Å². The first-order valence-electron chi connectivity index (χ1n) is 10.5. The van der Waals surface area contributed by atoms with Gasteiger partial charge in [0.05, 0.1) is 6.57 Å². The Hall–Kier alpha value is -8.34. The van der Waals surface area contributed by atoms with Gasteiger partial charge in [0.1, 0.15) is 35.4 Å². The van der Waals surface area contributed by atoms with Crippen LogP contribution in [-0.2, 0) is 0 Å². The van der Waals surface area contributed by atoms with Crippen molar-refractivity contribution in [2.45, 2.75) is 0 Å². The van der Waals surface area contributed by atoms with Gasteiger partial charge < -0.3 is 9.69 Å². The summed E-state index contributed by atoms with van der Waals surface area (Å²) in [7, 11) is 0. The van der Waals surface area contributed by atoms with E-state index >= 15 is 0 Å². The van der Waals surface area contributed by atoms with Gasteiger partial charge in [0.25, 0.3) is 11.6 Å². The predicted molar refractivity (Wildman–Crippen MR) is 129 cm³/mol. The lowest BCUT2D eigenvalue weighted by molar-refractivity contribution is 0.964. The van der Waals surface area contributed by atoms with Crippen molar-refractivity contribution in [2.24, 2.45) is 0 Å². The van der Waals surface area contributed by atoms with Gasteiger partial charge in [0.15, 0.2) is 18.0 Å². The number of nitriles is 6. The van der Waals surface area contributed by atoms with E-state index in [1.54, 1.807) is 24.3 Å². The Morgan fingerprint density at radius 2 is 0.857 bits per heavy atom. The maximum atomic E-state index is 10.1. The molecule has 1 saturated carbocycles. The molecule has 3 aromatic rings. The highest BCUT2D eigenvalue weighted by Gasteiger charge is 2.44. The standard InChI is InChI=1S/C24N18/c1-31-19(22-37-12(6-27)34-13(7-28)38-22)18-16(10(4-25)20-35-14(8-29)39-23(32-2)41-20)17(18)11(5-26)21-36-15(9-30)40-24(33-3)42-21/b16-10-,17-11+,19-18?. The molecule has 0 bridgehead atoms. The largest absolute Gasteiger partial charge is 0.394 e. The molecule has 186 valence electrons. The molecule has 0 radical (unpaired) electrons. The molecule has 42 heavy (non-hydrogen) atoms. The highest BCUT2D eigenvalue weighted by molar-refractivity contribution is 6.09. The minimum Gasteiger partial charge on any atom is -0.394 e. The van der Waals surface area contributed by atoms with Crippen LogP contribution < -0.4 is 0 Å². The van der Waals surface area contributed by atoms with Gasteiger partial charge in [0.2, 0.25) is 29.0 Å². The fourth-order valence-corrected chi connectivity index (χ4v) is 3.31. The zero-order valence-corrected chi connectivity index (χ0v) is 20.0. The van der Waals surface area contributed by atoms with E-state index in [1.807, 2.05) is 12.1 Å². The molecular formula is C24N18. The SMILES string of the molecule is [C-]#[N+]C(=C1C(=C(/C#N)c2nc(C#N)nc([N+]#[C-])n2)/C1=C(/C#N)c1nc(C#N)nc([N+]#[C-])n1)c1nc(C#N)nc(C#N)n1. The fourth-order valence-electron chi connectivity index (χ4n) is 3.31. The third kappa shape index (κ3) is 4.69. The van der Waals surface area contributed by atoms with Crippen LogP contribution in [0.25, 0.3) is 31.4 Å². The number of rotatable bonds is 3. The summed E-state index contributed by atoms with van der Waals surface area (Å²) in [5.41, 5.74) is -1.78. The van der Waals surface area contributed by atoms with Crippen LogP contribution in [0.2, 0.25) is 0 Å². The highest BCUT2D eigenvalue weighted by atomic mass is 15.1. The van der Waals surface area contributed by atoms with Crippen LogP contribution in [0.4, 0.5) is 11.9 Å². The summed E-state index contributed by atoms with van der Waals surface area (Å²) in [5, 5.41) is 57.4. The molecule has 0 saturated heterocycles. The second-order valence-electron chi connectivity index (χ2n) is 7.10. The van der Waals surface area contributed by atoms with Crippen LogP contribution in [0.15, 0.2) is 16.7 Å². The van der Waals surface area contributed by atoms with Gasteiger partial charge in [-0.1, -0.05) is 0 Å². The number of hydrogen-bond donors (Lipinski definition) is 0. The van der Waals surface area contributed by atoms with Gasteiger partial charge in [-0.15, -0.1) is 33.1 Å². The van der Waals surface area contributed by atoms with Crippen molar-refractivity contribution in [3.05, 3.63) is 91.7 Å². The summed E-state index contributed by atoms with van der Waals surface area (Å²) < 4.78 is 0. The van der Waals surface area contributed by atoms with Crippen molar-refractivity contribution >= 4 is 28.7 Å². The molecular weight excluding hydrogens is 540 g/mol. The molecule has 1 fully saturated rings. The monoisotopic (exact) mass is 540 g/mol. The second-order valence-corrected chi connectivity index (χ2v) is 7.10. The van der Waals surface area contributed by atoms with Crippen molar-refractivity contribution < 1.29 is 0 Å². The van der Waals surface area contributed by atoms with E-state index in [4.69, 9.17) is 19.7 Å². The van der Waals surface area contributed by atoms with Crippen molar-refractivity contribution in [2.75, 3.05) is 0 Å². The van der Waals surface area contributed by atoms with E-state index in [0.29, 0.717) is 0 Å². The zero-order chi connectivity index (χ0) is 30.4. The predicted octanol–water partition coefficient (Wildman–Crippen LogP) is 1.43. The maximum Gasteiger partial charge on any atom is 0.376 e. The smallest absolute Gasteiger partial charge is 0.376 e. The van der Waals surface area contributed by atoms with E-state index in [-0.39, 0.29) is 16.7 Å². The third-order valence-corrected chi connectivity index (χ3v) is 4.90. The topological polar surface area (TPSA) is 272 Å². The number of hydrogen-bond acceptors (Lipinski definition) is 15. The van der Waals surface area contributed by atoms with Crippen molar-refractivity contribution in [1.82, 2.24) is 44.9 Å². The average Bonchev–Trinajstić information content (AvgIpc) is 3.74. The van der Waals surface area contributed by atoms with E-state index in [9.17, 15) is 31.6 Å². The van der Waals surface area contributed by atoms with Gasteiger partial charge >= 0.3 is 11.9 Å². The summed E-state index contributed by atoms with van der Waals surface area (Å²) in [6.07, 6.45) is 0. The van der Waals surface area contributed by atoms with Crippen LogP contribution in [-0.4, -0.2) is 44.9 Å². The van der Waals surface area contributed by atoms with Gasteiger partial charge in [-0.2, -0.15) is 46.5 Å². The summed E-state index contributed by atoms with van der Waals surface area (Å²) in [6, 6.07) is 10.2. The third-order valence-electron chi connectivity index (χ3n) is 4.90. The molecule has 0 aromatic carbocycles. The van der Waals surface area contributed by atoms with E-state index < -0.39 is 69.5 Å². The van der Waals surface area contributed by atoms with Gasteiger partial charge in [0, 0.05) is 16.7 Å². The number of allylic oxidation sites excluding steroid dienone is 5. The first kappa shape index (κ1) is 26.7. The summed E-state index contributed by atoms with van der Waals surface area (Å²) >= 11 is 0. The first-order chi connectivity index (χ1) is 20.4. The lowest BCUT2D eigenvalue weighted by Crippen LogP contribution is -2.02. The Kier molecular flexibility index (Phi) is 6.97. The molecule has 0 aliphatic heterocycles. The molecule has 0 N–H and O–H groups in total. The van der Waals surface area contributed by atoms with Crippen LogP contribution in [0.5, 0.6) is 0 Å². The van der Waals surface area contributed by atoms with Gasteiger partial charge in [-0.3, -0.25) is 0 Å². The molecule has 18 nitrogen and oxygen atoms in total. The maximum absolute atomic E-state index is 10.1. The summed E-state index contributed by atoms with van der Waals surface area (Å²) in [4.78, 5) is 43.5. The second kappa shape index (κ2) is 11.0. The van der Waals surface area contributed by atoms with Gasteiger partial charge in [-0.25, -0.2) is 14.8 Å².